The Morgan fingerprint density at radius 2 is 2.21 bits per heavy atom. The van der Waals surface area contributed by atoms with Crippen molar-refractivity contribution in [3.63, 3.8) is 0 Å². The van der Waals surface area contributed by atoms with Gasteiger partial charge in [0.2, 0.25) is 0 Å². The number of nitrogens with zero attached hydrogens (tertiary/aromatic N) is 2. The fraction of sp³-hybridized carbons (Fsp3) is 0.500. The molecule has 1 heterocycles. The monoisotopic (exact) mass is 326 g/mol. The minimum absolute atomic E-state index is 0.0797. The maximum atomic E-state index is 11.3. The molecule has 0 saturated heterocycles. The first-order chi connectivity index (χ1) is 11.5. The van der Waals surface area contributed by atoms with Crippen LogP contribution in [0, 0.1) is 6.92 Å². The molecule has 4 heteroatoms. The van der Waals surface area contributed by atoms with Gasteiger partial charge in [0.05, 0.1) is 12.1 Å². The Labute approximate surface area is 143 Å². The Balaban J connectivity index is 2.05. The second-order valence-electron chi connectivity index (χ2n) is 7.22. The highest BCUT2D eigenvalue weighted by Gasteiger charge is 2.30. The van der Waals surface area contributed by atoms with Crippen molar-refractivity contribution >= 4 is 5.97 Å². The van der Waals surface area contributed by atoms with Gasteiger partial charge in [0, 0.05) is 24.1 Å². The molecule has 1 aromatic heterocycles. The van der Waals surface area contributed by atoms with Crippen LogP contribution in [0.3, 0.4) is 0 Å². The average molecular weight is 326 g/mol. The third kappa shape index (κ3) is 3.37. The molecular formula is C20H26N2O2. The third-order valence-corrected chi connectivity index (χ3v) is 4.83. The number of carboxylic acid groups (broad SMARTS) is 1. The van der Waals surface area contributed by atoms with Crippen molar-refractivity contribution in [2.75, 3.05) is 0 Å². The number of rotatable bonds is 5. The highest BCUT2D eigenvalue weighted by Crippen LogP contribution is 2.36. The molecule has 0 fully saturated rings. The first-order valence-corrected chi connectivity index (χ1v) is 8.82. The summed E-state index contributed by atoms with van der Waals surface area (Å²) in [6.45, 7) is 7.19. The van der Waals surface area contributed by atoms with Crippen LogP contribution in [0.5, 0.6) is 0 Å². The van der Waals surface area contributed by atoms with Crippen molar-refractivity contribution in [3.8, 4) is 0 Å². The van der Waals surface area contributed by atoms with Crippen LogP contribution >= 0.6 is 0 Å². The van der Waals surface area contributed by atoms with Gasteiger partial charge in [-0.1, -0.05) is 43.7 Å². The van der Waals surface area contributed by atoms with E-state index in [0.717, 1.165) is 43.0 Å². The number of aliphatic carboxylic acids is 1. The van der Waals surface area contributed by atoms with Crippen molar-refractivity contribution in [3.05, 3.63) is 52.6 Å². The van der Waals surface area contributed by atoms with Gasteiger partial charge in [0.15, 0.2) is 0 Å². The van der Waals surface area contributed by atoms with E-state index in [1.54, 1.807) is 0 Å². The van der Waals surface area contributed by atoms with Gasteiger partial charge in [-0.25, -0.2) is 4.98 Å². The van der Waals surface area contributed by atoms with E-state index in [4.69, 9.17) is 4.98 Å². The zero-order valence-electron chi connectivity index (χ0n) is 14.7. The minimum atomic E-state index is -0.720. The van der Waals surface area contributed by atoms with Crippen molar-refractivity contribution in [2.45, 2.75) is 64.8 Å². The molecule has 0 aliphatic heterocycles. The van der Waals surface area contributed by atoms with Gasteiger partial charge in [-0.2, -0.15) is 0 Å². The second kappa shape index (κ2) is 6.80. The van der Waals surface area contributed by atoms with Crippen molar-refractivity contribution in [2.24, 2.45) is 0 Å². The molecule has 3 rings (SSSR count). The summed E-state index contributed by atoms with van der Waals surface area (Å²) < 4.78 is 2.29. The molecule has 0 spiro atoms. The summed E-state index contributed by atoms with van der Waals surface area (Å²) in [7, 11) is 0. The number of carboxylic acids is 1. The molecule has 0 bridgehead atoms. The number of imidazole rings is 1. The molecule has 4 nitrogen and oxygen atoms in total. The summed E-state index contributed by atoms with van der Waals surface area (Å²) in [6, 6.07) is 8.52. The van der Waals surface area contributed by atoms with E-state index in [2.05, 4.69) is 49.6 Å². The van der Waals surface area contributed by atoms with Gasteiger partial charge in [-0.05, 0) is 31.7 Å². The molecule has 0 amide bonds. The fourth-order valence-corrected chi connectivity index (χ4v) is 3.84. The molecule has 24 heavy (non-hydrogen) atoms. The molecule has 0 saturated carbocycles. The molecule has 1 unspecified atom stereocenters. The number of hydrogen-bond acceptors (Lipinski definition) is 2. The zero-order chi connectivity index (χ0) is 17.3. The summed E-state index contributed by atoms with van der Waals surface area (Å²) in [5.74, 6) is 0.767. The van der Waals surface area contributed by atoms with Gasteiger partial charge in [-0.3, -0.25) is 4.79 Å². The zero-order valence-corrected chi connectivity index (χ0v) is 14.7. The highest BCUT2D eigenvalue weighted by atomic mass is 16.4. The van der Waals surface area contributed by atoms with Gasteiger partial charge in [0.1, 0.15) is 5.82 Å². The van der Waals surface area contributed by atoms with Gasteiger partial charge < -0.3 is 9.67 Å². The Morgan fingerprint density at radius 3 is 2.88 bits per heavy atom. The molecule has 0 radical (unpaired) electrons. The topological polar surface area (TPSA) is 55.1 Å². The number of benzene rings is 1. The molecule has 1 aromatic carbocycles. The maximum Gasteiger partial charge on any atom is 0.304 e. The van der Waals surface area contributed by atoms with Gasteiger partial charge in [0.25, 0.3) is 0 Å². The Morgan fingerprint density at radius 1 is 1.42 bits per heavy atom. The second-order valence-corrected chi connectivity index (χ2v) is 7.22. The van der Waals surface area contributed by atoms with Crippen LogP contribution in [0.1, 0.15) is 73.3 Å². The predicted molar refractivity (Wildman–Crippen MR) is 94.5 cm³/mol. The third-order valence-electron chi connectivity index (χ3n) is 4.83. The van der Waals surface area contributed by atoms with Crippen LogP contribution in [-0.4, -0.2) is 20.6 Å². The van der Waals surface area contributed by atoms with Crippen molar-refractivity contribution in [1.82, 2.24) is 9.55 Å². The van der Waals surface area contributed by atoms with E-state index in [1.165, 1.54) is 11.1 Å². The largest absolute Gasteiger partial charge is 0.481 e. The summed E-state index contributed by atoms with van der Waals surface area (Å²) in [5, 5.41) is 9.29. The fourth-order valence-electron chi connectivity index (χ4n) is 3.84. The lowest BCUT2D eigenvalue weighted by Gasteiger charge is -2.24. The molecule has 1 aliphatic carbocycles. The van der Waals surface area contributed by atoms with E-state index in [0.29, 0.717) is 5.92 Å². The first kappa shape index (κ1) is 16.7. The van der Waals surface area contributed by atoms with Crippen LogP contribution in [0.15, 0.2) is 24.3 Å². The Bertz CT molecular complexity index is 746. The summed E-state index contributed by atoms with van der Waals surface area (Å²) in [4.78, 5) is 16.2. The van der Waals surface area contributed by atoms with Crippen LogP contribution in [-0.2, 0) is 17.8 Å². The van der Waals surface area contributed by atoms with Crippen molar-refractivity contribution < 1.29 is 9.90 Å². The number of hydrogen-bond donors (Lipinski definition) is 1. The van der Waals surface area contributed by atoms with E-state index in [9.17, 15) is 9.90 Å². The lowest BCUT2D eigenvalue weighted by Crippen LogP contribution is -2.18. The van der Waals surface area contributed by atoms with E-state index in [-0.39, 0.29) is 12.3 Å². The Kier molecular flexibility index (Phi) is 4.74. The summed E-state index contributed by atoms with van der Waals surface area (Å²) >= 11 is 0. The quantitative estimate of drug-likeness (QED) is 0.893. The SMILES string of the molecule is Cc1cccc(Cn2c(C(C)C)nc3c2C(CC(=O)O)CCC3)c1. The summed E-state index contributed by atoms with van der Waals surface area (Å²) in [6.07, 6.45) is 3.14. The van der Waals surface area contributed by atoms with Crippen molar-refractivity contribution in [1.29, 1.82) is 0 Å². The highest BCUT2D eigenvalue weighted by molar-refractivity contribution is 5.68. The van der Waals surface area contributed by atoms with E-state index in [1.807, 2.05) is 0 Å². The van der Waals surface area contributed by atoms with Gasteiger partial charge in [-0.15, -0.1) is 0 Å². The summed E-state index contributed by atoms with van der Waals surface area (Å²) in [5.41, 5.74) is 4.77. The molecular weight excluding hydrogens is 300 g/mol. The number of aromatic nitrogens is 2. The van der Waals surface area contributed by atoms with Crippen LogP contribution in [0.2, 0.25) is 0 Å². The molecule has 2 aromatic rings. The van der Waals surface area contributed by atoms with Crippen LogP contribution in [0.4, 0.5) is 0 Å². The normalized spacial score (nSPS) is 17.1. The average Bonchev–Trinajstić information content (AvgIpc) is 2.87. The number of aryl methyl sites for hydroxylation is 2. The molecule has 1 N–H and O–H groups in total. The van der Waals surface area contributed by atoms with Crippen LogP contribution in [0.25, 0.3) is 0 Å². The van der Waals surface area contributed by atoms with E-state index < -0.39 is 5.97 Å². The number of fused-ring (bicyclic) bond motifs is 1. The number of carbonyl (C=O) groups is 1. The Hall–Kier alpha value is -2.10. The maximum absolute atomic E-state index is 11.3. The standard InChI is InChI=1S/C20H26N2O2/c1-13(2)20-21-17-9-5-8-16(11-18(23)24)19(17)22(20)12-15-7-4-6-14(3)10-15/h4,6-7,10,13,16H,5,8-9,11-12H2,1-3H3,(H,23,24). The lowest BCUT2D eigenvalue weighted by molar-refractivity contribution is -0.137. The smallest absolute Gasteiger partial charge is 0.304 e. The van der Waals surface area contributed by atoms with Crippen LogP contribution < -0.4 is 0 Å². The molecule has 1 atom stereocenters. The predicted octanol–water partition coefficient (Wildman–Crippen LogP) is 4.26. The molecule has 1 aliphatic rings. The lowest BCUT2D eigenvalue weighted by atomic mass is 9.87. The molecule has 128 valence electrons. The minimum Gasteiger partial charge on any atom is -0.481 e. The van der Waals surface area contributed by atoms with E-state index >= 15 is 0 Å². The first-order valence-electron chi connectivity index (χ1n) is 8.82. The van der Waals surface area contributed by atoms with Gasteiger partial charge >= 0.3 is 5.97 Å².